The van der Waals surface area contributed by atoms with Gasteiger partial charge in [0.2, 0.25) is 5.88 Å². The van der Waals surface area contributed by atoms with Crippen molar-refractivity contribution in [2.45, 2.75) is 44.3 Å². The lowest BCUT2D eigenvalue weighted by molar-refractivity contribution is 0.0580. The summed E-state index contributed by atoms with van der Waals surface area (Å²) < 4.78 is 46.2. The zero-order valence-corrected chi connectivity index (χ0v) is 19.4. The minimum Gasteiger partial charge on any atom is -0.474 e. The largest absolute Gasteiger partial charge is 0.474 e. The number of aromatic nitrogens is 1. The van der Waals surface area contributed by atoms with Gasteiger partial charge < -0.3 is 15.4 Å². The number of carbonyl (C=O) groups is 1. The fourth-order valence-corrected chi connectivity index (χ4v) is 4.91. The average molecular weight is 465 g/mol. The Bertz CT molecular complexity index is 1070. The van der Waals surface area contributed by atoms with Crippen molar-refractivity contribution in [1.82, 2.24) is 9.88 Å². The minimum absolute atomic E-state index is 0.0264. The lowest BCUT2D eigenvalue weighted by atomic mass is 10.0. The van der Waals surface area contributed by atoms with Crippen LogP contribution in [0.4, 0.5) is 10.1 Å². The molecule has 1 aromatic carbocycles. The lowest BCUT2D eigenvalue weighted by Crippen LogP contribution is -2.46. The van der Waals surface area contributed by atoms with Crippen LogP contribution in [-0.2, 0) is 16.7 Å². The molecule has 0 fully saturated rings. The molecule has 1 amide bonds. The van der Waals surface area contributed by atoms with E-state index in [0.29, 0.717) is 25.1 Å². The highest BCUT2D eigenvalue weighted by Gasteiger charge is 2.33. The number of carbonyl (C=O) groups excluding carboxylic acids is 1. The van der Waals surface area contributed by atoms with Crippen molar-refractivity contribution < 1.29 is 22.3 Å². The Morgan fingerprint density at radius 2 is 1.97 bits per heavy atom. The number of fused-ring (bicyclic) bond motifs is 1. The molecule has 0 aliphatic carbocycles. The van der Waals surface area contributed by atoms with E-state index in [9.17, 15) is 17.6 Å². The molecule has 0 unspecified atom stereocenters. The summed E-state index contributed by atoms with van der Waals surface area (Å²) in [6.07, 6.45) is 2.04. The van der Waals surface area contributed by atoms with Gasteiger partial charge in [-0.15, -0.1) is 0 Å². The topological polar surface area (TPSA) is 106 Å². The molecule has 8 nitrogen and oxygen atoms in total. The molecule has 0 bridgehead atoms. The number of nitrogens with zero attached hydrogens (tertiary/aromatic N) is 3. The maximum atomic E-state index is 13.3. The van der Waals surface area contributed by atoms with Crippen LogP contribution in [0.25, 0.3) is 0 Å². The van der Waals surface area contributed by atoms with Crippen LogP contribution in [0.1, 0.15) is 43.1 Å². The van der Waals surface area contributed by atoms with Crippen LogP contribution in [0, 0.1) is 0 Å². The number of hydrogen-bond acceptors (Lipinski definition) is 6. The summed E-state index contributed by atoms with van der Waals surface area (Å²) in [5, 5.41) is 0. The van der Waals surface area contributed by atoms with Gasteiger partial charge in [-0.25, -0.2) is 17.8 Å². The molecule has 1 aliphatic heterocycles. The standard InChI is InChI=1S/C22H29FN4O4S/c1-22(2,3)26(10-4-9-24)21(28)17-13-19-20(25-15-17)31-12-11-27(19)32(29,30)18-7-5-16(14-23)6-8-18/h5-8,13,15H,4,9-12,14,24H2,1-3H3. The van der Waals surface area contributed by atoms with E-state index in [4.69, 9.17) is 10.5 Å². The third kappa shape index (κ3) is 4.86. The Hall–Kier alpha value is -2.72. The number of sulfonamides is 1. The lowest BCUT2D eigenvalue weighted by Gasteiger charge is -2.36. The molecule has 2 aromatic rings. The number of halogens is 1. The molecular weight excluding hydrogens is 435 g/mol. The predicted molar refractivity (Wildman–Crippen MR) is 120 cm³/mol. The number of pyridine rings is 1. The van der Waals surface area contributed by atoms with Crippen LogP contribution >= 0.6 is 0 Å². The minimum atomic E-state index is -3.96. The maximum Gasteiger partial charge on any atom is 0.264 e. The fourth-order valence-electron chi connectivity index (χ4n) is 3.47. The van der Waals surface area contributed by atoms with E-state index in [1.165, 1.54) is 40.8 Å². The first-order valence-electron chi connectivity index (χ1n) is 10.4. The molecule has 3 rings (SSSR count). The number of rotatable bonds is 7. The number of nitrogens with two attached hydrogens (primary N) is 1. The van der Waals surface area contributed by atoms with Crippen LogP contribution in [-0.4, -0.2) is 56.0 Å². The number of hydrogen-bond donors (Lipinski definition) is 1. The van der Waals surface area contributed by atoms with Crippen molar-refractivity contribution in [1.29, 1.82) is 0 Å². The molecule has 174 valence electrons. The first-order chi connectivity index (χ1) is 15.1. The van der Waals surface area contributed by atoms with Gasteiger partial charge in [-0.2, -0.15) is 0 Å². The van der Waals surface area contributed by atoms with Gasteiger partial charge in [0, 0.05) is 18.3 Å². The fraction of sp³-hybridized carbons (Fsp3) is 0.455. The zero-order chi connectivity index (χ0) is 23.5. The van der Waals surface area contributed by atoms with Crippen LogP contribution in [0.5, 0.6) is 5.88 Å². The van der Waals surface area contributed by atoms with Gasteiger partial charge in [0.1, 0.15) is 19.0 Å². The van der Waals surface area contributed by atoms with E-state index >= 15 is 0 Å². The molecule has 0 atom stereocenters. The summed E-state index contributed by atoms with van der Waals surface area (Å²) >= 11 is 0. The highest BCUT2D eigenvalue weighted by molar-refractivity contribution is 7.92. The highest BCUT2D eigenvalue weighted by atomic mass is 32.2. The monoisotopic (exact) mass is 464 g/mol. The normalized spacial score (nSPS) is 14.0. The van der Waals surface area contributed by atoms with Crippen LogP contribution in [0.2, 0.25) is 0 Å². The van der Waals surface area contributed by atoms with Gasteiger partial charge in [0.25, 0.3) is 15.9 Å². The quantitative estimate of drug-likeness (QED) is 0.675. The Kier molecular flexibility index (Phi) is 7.04. The molecule has 0 saturated heterocycles. The number of benzene rings is 1. The Balaban J connectivity index is 1.99. The summed E-state index contributed by atoms with van der Waals surface area (Å²) in [5.74, 6) is -0.127. The number of ether oxygens (including phenoxy) is 1. The second-order valence-electron chi connectivity index (χ2n) is 8.52. The molecular formula is C22H29FN4O4S. The molecule has 0 saturated carbocycles. The number of alkyl halides is 1. The van der Waals surface area contributed by atoms with Gasteiger partial charge in [0.15, 0.2) is 0 Å². The molecule has 2 N–H and O–H groups in total. The molecule has 1 aromatic heterocycles. The summed E-state index contributed by atoms with van der Waals surface area (Å²) in [7, 11) is -3.96. The van der Waals surface area contributed by atoms with E-state index in [2.05, 4.69) is 4.98 Å². The molecule has 32 heavy (non-hydrogen) atoms. The van der Waals surface area contributed by atoms with Gasteiger partial charge in [-0.1, -0.05) is 12.1 Å². The molecule has 10 heteroatoms. The molecule has 0 spiro atoms. The molecule has 1 aliphatic rings. The van der Waals surface area contributed by atoms with E-state index in [1.54, 1.807) is 4.90 Å². The average Bonchev–Trinajstić information content (AvgIpc) is 2.77. The van der Waals surface area contributed by atoms with Crippen molar-refractivity contribution in [2.24, 2.45) is 5.73 Å². The number of anilines is 1. The van der Waals surface area contributed by atoms with Gasteiger partial charge in [0.05, 0.1) is 17.0 Å². The first-order valence-corrected chi connectivity index (χ1v) is 11.9. The summed E-state index contributed by atoms with van der Waals surface area (Å²) in [5.41, 5.74) is 6.02. The smallest absolute Gasteiger partial charge is 0.264 e. The third-order valence-corrected chi connectivity index (χ3v) is 7.01. The van der Waals surface area contributed by atoms with E-state index in [-0.39, 0.29) is 41.1 Å². The molecule has 0 radical (unpaired) electrons. The Labute approximate surface area is 188 Å². The first kappa shape index (κ1) is 23.9. The summed E-state index contributed by atoms with van der Waals surface area (Å²) in [6.45, 7) is 6.20. The van der Waals surface area contributed by atoms with Crippen LogP contribution < -0.4 is 14.8 Å². The second-order valence-corrected chi connectivity index (χ2v) is 10.4. The van der Waals surface area contributed by atoms with Gasteiger partial charge in [-0.05, 0) is 57.5 Å². The number of amides is 1. The maximum absolute atomic E-state index is 13.3. The van der Waals surface area contributed by atoms with Crippen LogP contribution in [0.15, 0.2) is 41.4 Å². The highest BCUT2D eigenvalue weighted by Crippen LogP contribution is 2.35. The Morgan fingerprint density at radius 1 is 1.28 bits per heavy atom. The molecule has 2 heterocycles. The van der Waals surface area contributed by atoms with Crippen molar-refractivity contribution in [2.75, 3.05) is 30.5 Å². The van der Waals surface area contributed by atoms with E-state index < -0.39 is 22.2 Å². The van der Waals surface area contributed by atoms with Crippen LogP contribution in [0.3, 0.4) is 0 Å². The van der Waals surface area contributed by atoms with E-state index in [1.807, 2.05) is 20.8 Å². The van der Waals surface area contributed by atoms with Crippen molar-refractivity contribution in [3.05, 3.63) is 47.7 Å². The second kappa shape index (κ2) is 9.41. The SMILES string of the molecule is CC(C)(C)N(CCCN)C(=O)c1cnc2c(c1)N(S(=O)(=O)c1ccc(CF)cc1)CCO2. The van der Waals surface area contributed by atoms with Gasteiger partial charge in [-0.3, -0.25) is 9.10 Å². The summed E-state index contributed by atoms with van der Waals surface area (Å²) in [6, 6.07) is 7.11. The van der Waals surface area contributed by atoms with Crippen molar-refractivity contribution in [3.63, 3.8) is 0 Å². The summed E-state index contributed by atoms with van der Waals surface area (Å²) in [4.78, 5) is 19.2. The van der Waals surface area contributed by atoms with Gasteiger partial charge >= 0.3 is 0 Å². The van der Waals surface area contributed by atoms with Crippen molar-refractivity contribution in [3.8, 4) is 5.88 Å². The third-order valence-electron chi connectivity index (χ3n) is 5.19. The Morgan fingerprint density at radius 3 is 2.56 bits per heavy atom. The van der Waals surface area contributed by atoms with Crippen molar-refractivity contribution >= 4 is 21.6 Å². The predicted octanol–water partition coefficient (Wildman–Crippen LogP) is 2.73. The van der Waals surface area contributed by atoms with E-state index in [0.717, 1.165) is 0 Å². The zero-order valence-electron chi connectivity index (χ0n) is 18.5.